The van der Waals surface area contributed by atoms with E-state index in [9.17, 15) is 0 Å². The molecule has 0 saturated carbocycles. The molecule has 6 heteroatoms. The van der Waals surface area contributed by atoms with Gasteiger partial charge < -0.3 is 17.4 Å². The maximum Gasteiger partial charge on any atom is 0.669 e. The molecule has 0 unspecified atom stereocenters. The Balaban J connectivity index is 3.03. The van der Waals surface area contributed by atoms with Crippen LogP contribution in [0.2, 0.25) is 13.1 Å². The molecular weight excluding hydrogens is 312 g/mol. The van der Waals surface area contributed by atoms with Crippen LogP contribution in [-0.4, -0.2) is 37.2 Å². The highest BCUT2D eigenvalue weighted by Crippen LogP contribution is 2.19. The topological polar surface area (TPSA) is 36.9 Å². The Labute approximate surface area is 136 Å². The van der Waals surface area contributed by atoms with E-state index in [2.05, 4.69) is 31.8 Å². The first kappa shape index (κ1) is 19.3. The van der Waals surface area contributed by atoms with Gasteiger partial charge in [0.2, 0.25) is 8.32 Å². The standard InChI is InChI=1S/C16H28O4Si2/c1-7-15-11-13-16(14-12-15)21(5,6)20-22(17-8-2,18-9-3)19-10-4/h7,11-14H,1,8-10H2,2-6H3. The molecule has 1 aromatic carbocycles. The molecule has 0 aliphatic rings. The molecule has 4 nitrogen and oxygen atoms in total. The quantitative estimate of drug-likeness (QED) is 0.612. The molecule has 0 atom stereocenters. The van der Waals surface area contributed by atoms with Gasteiger partial charge in [0.15, 0.2) is 0 Å². The molecule has 0 spiro atoms. The van der Waals surface area contributed by atoms with Crippen molar-refractivity contribution >= 4 is 28.6 Å². The van der Waals surface area contributed by atoms with Crippen molar-refractivity contribution in [3.8, 4) is 0 Å². The van der Waals surface area contributed by atoms with E-state index in [1.165, 1.54) is 5.19 Å². The van der Waals surface area contributed by atoms with E-state index in [0.29, 0.717) is 19.8 Å². The van der Waals surface area contributed by atoms with Crippen molar-refractivity contribution in [3.63, 3.8) is 0 Å². The number of hydrogen-bond acceptors (Lipinski definition) is 4. The largest absolute Gasteiger partial charge is 0.669 e. The van der Waals surface area contributed by atoms with E-state index in [4.69, 9.17) is 17.4 Å². The summed E-state index contributed by atoms with van der Waals surface area (Å²) in [5.74, 6) is 0. The average molecular weight is 341 g/mol. The van der Waals surface area contributed by atoms with Gasteiger partial charge in [0.25, 0.3) is 0 Å². The summed E-state index contributed by atoms with van der Waals surface area (Å²) in [5, 5.41) is 1.18. The van der Waals surface area contributed by atoms with Gasteiger partial charge in [0.05, 0.1) is 0 Å². The molecule has 22 heavy (non-hydrogen) atoms. The monoisotopic (exact) mass is 340 g/mol. The fourth-order valence-corrected chi connectivity index (χ4v) is 8.09. The van der Waals surface area contributed by atoms with Gasteiger partial charge in [-0.05, 0) is 44.6 Å². The van der Waals surface area contributed by atoms with Crippen LogP contribution in [0.1, 0.15) is 26.3 Å². The van der Waals surface area contributed by atoms with Crippen LogP contribution in [0.3, 0.4) is 0 Å². The predicted octanol–water partition coefficient (Wildman–Crippen LogP) is 3.30. The Morgan fingerprint density at radius 1 is 0.909 bits per heavy atom. The van der Waals surface area contributed by atoms with Gasteiger partial charge >= 0.3 is 9.05 Å². The van der Waals surface area contributed by atoms with Crippen molar-refractivity contribution in [1.82, 2.24) is 0 Å². The second-order valence-corrected chi connectivity index (χ2v) is 11.5. The maximum atomic E-state index is 6.39. The van der Waals surface area contributed by atoms with Gasteiger partial charge in [-0.3, -0.25) is 0 Å². The SMILES string of the molecule is C=Cc1ccc([Si](C)(C)O[Si](OCC)(OCC)OCC)cc1. The molecule has 0 aliphatic heterocycles. The van der Waals surface area contributed by atoms with Crippen molar-refractivity contribution in [2.24, 2.45) is 0 Å². The third-order valence-corrected chi connectivity index (χ3v) is 9.88. The van der Waals surface area contributed by atoms with Crippen LogP contribution in [-0.2, 0) is 17.4 Å². The van der Waals surface area contributed by atoms with E-state index in [1.54, 1.807) is 0 Å². The molecule has 0 aliphatic carbocycles. The molecular formula is C16H28O4Si2. The summed E-state index contributed by atoms with van der Waals surface area (Å²) in [7, 11) is -5.30. The van der Waals surface area contributed by atoms with Crippen molar-refractivity contribution in [2.75, 3.05) is 19.8 Å². The van der Waals surface area contributed by atoms with Crippen molar-refractivity contribution in [3.05, 3.63) is 36.4 Å². The van der Waals surface area contributed by atoms with Gasteiger partial charge in [-0.25, -0.2) is 0 Å². The predicted molar refractivity (Wildman–Crippen MR) is 95.4 cm³/mol. The van der Waals surface area contributed by atoms with Crippen molar-refractivity contribution in [2.45, 2.75) is 33.9 Å². The molecule has 0 N–H and O–H groups in total. The average Bonchev–Trinajstić information content (AvgIpc) is 2.47. The third-order valence-electron chi connectivity index (χ3n) is 3.19. The van der Waals surface area contributed by atoms with Gasteiger partial charge in [-0.15, -0.1) is 0 Å². The zero-order valence-electron chi connectivity index (χ0n) is 14.3. The van der Waals surface area contributed by atoms with E-state index in [-0.39, 0.29) is 0 Å². The van der Waals surface area contributed by atoms with Gasteiger partial charge in [-0.1, -0.05) is 36.9 Å². The fourth-order valence-electron chi connectivity index (χ4n) is 2.14. The van der Waals surface area contributed by atoms with E-state index < -0.39 is 17.4 Å². The van der Waals surface area contributed by atoms with Crippen molar-refractivity contribution < 1.29 is 17.4 Å². The van der Waals surface area contributed by atoms with Crippen LogP contribution < -0.4 is 5.19 Å². The first-order chi connectivity index (χ1) is 10.4. The molecule has 0 radical (unpaired) electrons. The molecule has 0 amide bonds. The third kappa shape index (κ3) is 5.15. The van der Waals surface area contributed by atoms with E-state index in [0.717, 1.165) is 5.56 Å². The van der Waals surface area contributed by atoms with Crippen LogP contribution in [0.15, 0.2) is 30.8 Å². The highest BCUT2D eigenvalue weighted by Gasteiger charge is 2.50. The molecule has 1 rings (SSSR count). The van der Waals surface area contributed by atoms with Crippen LogP contribution in [0.5, 0.6) is 0 Å². The van der Waals surface area contributed by atoms with Gasteiger partial charge in [-0.2, -0.15) is 0 Å². The van der Waals surface area contributed by atoms with E-state index in [1.807, 2.05) is 39.0 Å². The first-order valence-electron chi connectivity index (χ1n) is 7.78. The lowest BCUT2D eigenvalue weighted by Gasteiger charge is -2.34. The zero-order chi connectivity index (χ0) is 16.6. The highest BCUT2D eigenvalue weighted by molar-refractivity contribution is 6.89. The van der Waals surface area contributed by atoms with E-state index >= 15 is 0 Å². The Morgan fingerprint density at radius 3 is 1.73 bits per heavy atom. The lowest BCUT2D eigenvalue weighted by Crippen LogP contribution is -2.60. The van der Waals surface area contributed by atoms with Gasteiger partial charge in [0.1, 0.15) is 0 Å². The minimum Gasteiger partial charge on any atom is -0.389 e. The maximum absolute atomic E-state index is 6.39. The Bertz CT molecular complexity index is 443. The summed E-state index contributed by atoms with van der Waals surface area (Å²) in [4.78, 5) is 0. The lowest BCUT2D eigenvalue weighted by molar-refractivity contribution is 0.00789. The second kappa shape index (κ2) is 8.76. The number of benzene rings is 1. The summed E-state index contributed by atoms with van der Waals surface area (Å²) in [6.07, 6.45) is 1.83. The summed E-state index contributed by atoms with van der Waals surface area (Å²) < 4.78 is 23.8. The normalized spacial score (nSPS) is 12.4. The van der Waals surface area contributed by atoms with Crippen LogP contribution in [0, 0.1) is 0 Å². The lowest BCUT2D eigenvalue weighted by atomic mass is 10.2. The van der Waals surface area contributed by atoms with Crippen molar-refractivity contribution in [1.29, 1.82) is 0 Å². The summed E-state index contributed by atoms with van der Waals surface area (Å²) in [5.41, 5.74) is 1.09. The minimum atomic E-state index is -3.09. The zero-order valence-corrected chi connectivity index (χ0v) is 16.3. The molecule has 0 fully saturated rings. The first-order valence-corrected chi connectivity index (χ1v) is 12.3. The molecule has 0 aromatic heterocycles. The van der Waals surface area contributed by atoms with Crippen LogP contribution >= 0.6 is 0 Å². The summed E-state index contributed by atoms with van der Waals surface area (Å²) in [6.45, 7) is 15.3. The molecule has 124 valence electrons. The molecule has 0 heterocycles. The second-order valence-electron chi connectivity index (χ2n) is 5.24. The Hall–Kier alpha value is -0.766. The Kier molecular flexibility index (Phi) is 7.68. The Morgan fingerprint density at radius 2 is 1.36 bits per heavy atom. The fraction of sp³-hybridized carbons (Fsp3) is 0.500. The van der Waals surface area contributed by atoms with Crippen LogP contribution in [0.25, 0.3) is 6.08 Å². The smallest absolute Gasteiger partial charge is 0.389 e. The molecule has 0 bridgehead atoms. The summed E-state index contributed by atoms with van der Waals surface area (Å²) in [6, 6.07) is 8.27. The molecule has 0 saturated heterocycles. The summed E-state index contributed by atoms with van der Waals surface area (Å²) >= 11 is 0. The van der Waals surface area contributed by atoms with Gasteiger partial charge in [0, 0.05) is 19.8 Å². The number of rotatable bonds is 10. The molecule has 1 aromatic rings. The minimum absolute atomic E-state index is 0.506. The highest BCUT2D eigenvalue weighted by atomic mass is 28.5. The van der Waals surface area contributed by atoms with Crippen LogP contribution in [0.4, 0.5) is 0 Å². The number of hydrogen-bond donors (Lipinski definition) is 0.